The molecule has 1 aliphatic carbocycles. The average Bonchev–Trinajstić information content (AvgIpc) is 2.82. The normalized spacial score (nSPS) is 29.9. The van der Waals surface area contributed by atoms with E-state index in [1.165, 1.54) is 6.42 Å². The molecule has 0 bridgehead atoms. The van der Waals surface area contributed by atoms with Crippen molar-refractivity contribution in [1.82, 2.24) is 25.4 Å². The molecular weight excluding hydrogens is 230 g/mol. The standard InChI is InChI=1S/C12H13N5O/c1-2-14-7-12(1)5-8(12)11-16-10(17-18-11)9-6-13-3-4-15-9/h3-4,6,8,14H,1-2,5,7H2. The minimum Gasteiger partial charge on any atom is -0.339 e. The molecule has 3 heterocycles. The number of hydrogen-bond acceptors (Lipinski definition) is 6. The summed E-state index contributed by atoms with van der Waals surface area (Å²) in [4.78, 5) is 12.6. The van der Waals surface area contributed by atoms with Crippen molar-refractivity contribution >= 4 is 0 Å². The summed E-state index contributed by atoms with van der Waals surface area (Å²) in [6, 6.07) is 0. The lowest BCUT2D eigenvalue weighted by atomic mass is 10.0. The van der Waals surface area contributed by atoms with Crippen LogP contribution in [0.4, 0.5) is 0 Å². The number of rotatable bonds is 2. The molecule has 4 rings (SSSR count). The Kier molecular flexibility index (Phi) is 2.02. The Labute approximate surface area is 104 Å². The quantitative estimate of drug-likeness (QED) is 0.847. The van der Waals surface area contributed by atoms with Gasteiger partial charge in [-0.2, -0.15) is 4.98 Å². The van der Waals surface area contributed by atoms with E-state index in [1.807, 2.05) is 0 Å². The lowest BCUT2D eigenvalue weighted by molar-refractivity contribution is 0.364. The fourth-order valence-corrected chi connectivity index (χ4v) is 2.83. The Morgan fingerprint density at radius 3 is 3.17 bits per heavy atom. The van der Waals surface area contributed by atoms with Gasteiger partial charge in [0.25, 0.3) is 0 Å². The number of hydrogen-bond donors (Lipinski definition) is 1. The second-order valence-corrected chi connectivity index (χ2v) is 5.09. The van der Waals surface area contributed by atoms with E-state index >= 15 is 0 Å². The van der Waals surface area contributed by atoms with Gasteiger partial charge in [-0.05, 0) is 24.8 Å². The van der Waals surface area contributed by atoms with E-state index in [9.17, 15) is 0 Å². The van der Waals surface area contributed by atoms with E-state index in [0.29, 0.717) is 22.9 Å². The van der Waals surface area contributed by atoms with Crippen LogP contribution in [0, 0.1) is 5.41 Å². The van der Waals surface area contributed by atoms with Gasteiger partial charge in [0, 0.05) is 24.9 Å². The molecule has 6 heteroatoms. The summed E-state index contributed by atoms with van der Waals surface area (Å²) in [5, 5.41) is 7.39. The molecule has 2 aliphatic rings. The maximum absolute atomic E-state index is 5.37. The van der Waals surface area contributed by atoms with Gasteiger partial charge in [0.05, 0.1) is 6.20 Å². The zero-order valence-corrected chi connectivity index (χ0v) is 9.83. The molecule has 0 radical (unpaired) electrons. The highest BCUT2D eigenvalue weighted by Gasteiger charge is 2.58. The summed E-state index contributed by atoms with van der Waals surface area (Å²) in [6.45, 7) is 2.17. The van der Waals surface area contributed by atoms with E-state index in [-0.39, 0.29) is 0 Å². The molecule has 2 fully saturated rings. The van der Waals surface area contributed by atoms with E-state index in [1.54, 1.807) is 18.6 Å². The second kappa shape index (κ2) is 3.58. The summed E-state index contributed by atoms with van der Waals surface area (Å²) < 4.78 is 5.37. The highest BCUT2D eigenvalue weighted by atomic mass is 16.5. The Morgan fingerprint density at radius 1 is 1.39 bits per heavy atom. The molecule has 2 unspecified atom stereocenters. The van der Waals surface area contributed by atoms with Gasteiger partial charge in [0.1, 0.15) is 5.69 Å². The summed E-state index contributed by atoms with van der Waals surface area (Å²) in [7, 11) is 0. The largest absolute Gasteiger partial charge is 0.339 e. The van der Waals surface area contributed by atoms with Crippen LogP contribution in [0.2, 0.25) is 0 Å². The average molecular weight is 243 g/mol. The third-order valence-corrected chi connectivity index (χ3v) is 4.00. The van der Waals surface area contributed by atoms with Crippen molar-refractivity contribution in [3.63, 3.8) is 0 Å². The third-order valence-electron chi connectivity index (χ3n) is 4.00. The van der Waals surface area contributed by atoms with E-state index in [2.05, 4.69) is 25.4 Å². The van der Waals surface area contributed by atoms with E-state index in [0.717, 1.165) is 25.4 Å². The number of nitrogens with zero attached hydrogens (tertiary/aromatic N) is 4. The summed E-state index contributed by atoms with van der Waals surface area (Å²) >= 11 is 0. The summed E-state index contributed by atoms with van der Waals surface area (Å²) in [5.74, 6) is 1.70. The molecule has 2 atom stereocenters. The highest BCUT2D eigenvalue weighted by Crippen LogP contribution is 2.62. The van der Waals surface area contributed by atoms with Crippen molar-refractivity contribution in [3.8, 4) is 11.5 Å². The van der Waals surface area contributed by atoms with Gasteiger partial charge in [-0.1, -0.05) is 5.16 Å². The molecule has 1 saturated heterocycles. The molecule has 92 valence electrons. The van der Waals surface area contributed by atoms with Gasteiger partial charge in [-0.3, -0.25) is 4.98 Å². The molecule has 0 amide bonds. The fourth-order valence-electron chi connectivity index (χ4n) is 2.83. The monoisotopic (exact) mass is 243 g/mol. The van der Waals surface area contributed by atoms with Crippen LogP contribution in [0.3, 0.4) is 0 Å². The van der Waals surface area contributed by atoms with Crippen molar-refractivity contribution in [2.24, 2.45) is 5.41 Å². The van der Waals surface area contributed by atoms with Gasteiger partial charge >= 0.3 is 0 Å². The van der Waals surface area contributed by atoms with Crippen LogP contribution >= 0.6 is 0 Å². The first-order valence-electron chi connectivity index (χ1n) is 6.18. The Bertz CT molecular complexity index is 561. The van der Waals surface area contributed by atoms with Gasteiger partial charge in [0.2, 0.25) is 11.7 Å². The fraction of sp³-hybridized carbons (Fsp3) is 0.500. The molecule has 6 nitrogen and oxygen atoms in total. The molecule has 1 spiro atoms. The molecule has 2 aromatic rings. The van der Waals surface area contributed by atoms with E-state index in [4.69, 9.17) is 4.52 Å². The first kappa shape index (κ1) is 10.1. The Balaban J connectivity index is 1.60. The predicted octanol–water partition coefficient (Wildman–Crippen LogP) is 0.994. The van der Waals surface area contributed by atoms with Gasteiger partial charge in [-0.25, -0.2) is 4.98 Å². The van der Waals surface area contributed by atoms with Crippen LogP contribution in [0.1, 0.15) is 24.7 Å². The van der Waals surface area contributed by atoms with Crippen LogP contribution in [-0.2, 0) is 0 Å². The van der Waals surface area contributed by atoms with Crippen LogP contribution < -0.4 is 5.32 Å². The first-order valence-corrected chi connectivity index (χ1v) is 6.18. The number of aromatic nitrogens is 4. The summed E-state index contributed by atoms with van der Waals surface area (Å²) in [5.41, 5.74) is 1.04. The SMILES string of the molecule is c1cnc(-c2noc(C3CC34CCNC4)n2)cn1. The maximum Gasteiger partial charge on any atom is 0.230 e. The third kappa shape index (κ3) is 1.45. The molecule has 0 aromatic carbocycles. The molecular formula is C12H13N5O. The minimum atomic E-state index is 0.381. The summed E-state index contributed by atoms with van der Waals surface area (Å²) in [6.07, 6.45) is 7.27. The zero-order chi connectivity index (χ0) is 12.0. The molecule has 2 aromatic heterocycles. The zero-order valence-electron chi connectivity index (χ0n) is 9.83. The molecule has 1 saturated carbocycles. The van der Waals surface area contributed by atoms with Crippen LogP contribution in [0.5, 0.6) is 0 Å². The smallest absolute Gasteiger partial charge is 0.230 e. The van der Waals surface area contributed by atoms with Gasteiger partial charge in [0.15, 0.2) is 0 Å². The van der Waals surface area contributed by atoms with Crippen molar-refractivity contribution in [1.29, 1.82) is 0 Å². The minimum absolute atomic E-state index is 0.381. The predicted molar refractivity (Wildman–Crippen MR) is 62.6 cm³/mol. The van der Waals surface area contributed by atoms with Gasteiger partial charge < -0.3 is 9.84 Å². The van der Waals surface area contributed by atoms with Gasteiger partial charge in [-0.15, -0.1) is 0 Å². The Morgan fingerprint density at radius 2 is 2.39 bits per heavy atom. The van der Waals surface area contributed by atoms with Crippen LogP contribution in [-0.4, -0.2) is 33.2 Å². The first-order chi connectivity index (χ1) is 8.87. The number of nitrogens with one attached hydrogen (secondary N) is 1. The Hall–Kier alpha value is -1.82. The van der Waals surface area contributed by atoms with Crippen molar-refractivity contribution < 1.29 is 4.52 Å². The van der Waals surface area contributed by atoms with Crippen LogP contribution in [0.25, 0.3) is 11.5 Å². The van der Waals surface area contributed by atoms with Crippen LogP contribution in [0.15, 0.2) is 23.1 Å². The van der Waals surface area contributed by atoms with Crippen molar-refractivity contribution in [3.05, 3.63) is 24.5 Å². The topological polar surface area (TPSA) is 76.7 Å². The molecule has 1 N–H and O–H groups in total. The second-order valence-electron chi connectivity index (χ2n) is 5.09. The molecule has 1 aliphatic heterocycles. The van der Waals surface area contributed by atoms with Crippen molar-refractivity contribution in [2.45, 2.75) is 18.8 Å². The lowest BCUT2D eigenvalue weighted by Crippen LogP contribution is -2.10. The maximum atomic E-state index is 5.37. The van der Waals surface area contributed by atoms with Crippen molar-refractivity contribution in [2.75, 3.05) is 13.1 Å². The van der Waals surface area contributed by atoms with E-state index < -0.39 is 0 Å². The molecule has 18 heavy (non-hydrogen) atoms. The lowest BCUT2D eigenvalue weighted by Gasteiger charge is -2.02. The highest BCUT2D eigenvalue weighted by molar-refractivity contribution is 5.45.